The van der Waals surface area contributed by atoms with Gasteiger partial charge in [-0.2, -0.15) is 5.10 Å². The Balaban J connectivity index is 2.36. The Hall–Kier alpha value is -0.830. The molecule has 0 aliphatic rings. The molecule has 0 aliphatic carbocycles. The van der Waals surface area contributed by atoms with Gasteiger partial charge in [-0.25, -0.2) is 0 Å². The van der Waals surface area contributed by atoms with Crippen molar-refractivity contribution in [1.82, 2.24) is 15.5 Å². The van der Waals surface area contributed by atoms with Gasteiger partial charge in [0, 0.05) is 17.8 Å². The largest absolute Gasteiger partial charge is 0.312 e. The zero-order valence-electron chi connectivity index (χ0n) is 8.72. The van der Waals surface area contributed by atoms with Crippen molar-refractivity contribution in [2.45, 2.75) is 33.7 Å². The number of hydrogen-bond acceptors (Lipinski definition) is 2. The van der Waals surface area contributed by atoms with E-state index >= 15 is 0 Å². The number of aryl methyl sites for hydroxylation is 1. The first kappa shape index (κ1) is 10.3. The lowest BCUT2D eigenvalue weighted by molar-refractivity contribution is 0.551. The van der Waals surface area contributed by atoms with Gasteiger partial charge in [-0.3, -0.25) is 5.10 Å². The van der Waals surface area contributed by atoms with Gasteiger partial charge in [0.1, 0.15) is 0 Å². The molecule has 0 atom stereocenters. The Morgan fingerprint density at radius 2 is 2.31 bits per heavy atom. The van der Waals surface area contributed by atoms with E-state index in [2.05, 4.69) is 36.3 Å². The number of nitrogens with zero attached hydrogens (tertiary/aromatic N) is 1. The molecule has 1 rings (SSSR count). The molecule has 0 saturated carbocycles. The molecule has 3 heteroatoms. The lowest BCUT2D eigenvalue weighted by Crippen LogP contribution is -2.19. The van der Waals surface area contributed by atoms with E-state index in [0.717, 1.165) is 19.5 Å². The van der Waals surface area contributed by atoms with E-state index in [-0.39, 0.29) is 0 Å². The molecule has 3 nitrogen and oxygen atoms in total. The molecule has 0 amide bonds. The van der Waals surface area contributed by atoms with Crippen LogP contribution in [0.25, 0.3) is 0 Å². The van der Waals surface area contributed by atoms with Crippen LogP contribution in [0.2, 0.25) is 0 Å². The smallest absolute Gasteiger partial charge is 0.0535 e. The molecule has 0 fully saturated rings. The van der Waals surface area contributed by atoms with Crippen LogP contribution in [0.1, 0.15) is 32.0 Å². The summed E-state index contributed by atoms with van der Waals surface area (Å²) in [5.74, 6) is 0.706. The second kappa shape index (κ2) is 5.02. The van der Waals surface area contributed by atoms with Crippen LogP contribution in [0.15, 0.2) is 6.20 Å². The second-order valence-corrected chi connectivity index (χ2v) is 3.75. The van der Waals surface area contributed by atoms with E-state index in [9.17, 15) is 0 Å². The van der Waals surface area contributed by atoms with Crippen molar-refractivity contribution in [3.05, 3.63) is 17.5 Å². The Kier molecular flexibility index (Phi) is 3.96. The molecule has 0 bridgehead atoms. The minimum absolute atomic E-state index is 0.706. The number of rotatable bonds is 5. The standard InChI is InChI=1S/C10H19N3/c1-4-10-9(7-12-13-10)6-11-5-8(2)3/h7-8,11H,4-6H2,1-3H3,(H,12,13). The molecule has 0 saturated heterocycles. The number of hydrogen-bond donors (Lipinski definition) is 2. The van der Waals surface area contributed by atoms with Crippen molar-refractivity contribution in [3.8, 4) is 0 Å². The molecular weight excluding hydrogens is 162 g/mol. The van der Waals surface area contributed by atoms with Gasteiger partial charge in [0.2, 0.25) is 0 Å². The summed E-state index contributed by atoms with van der Waals surface area (Å²) in [6.07, 6.45) is 2.94. The van der Waals surface area contributed by atoms with Gasteiger partial charge in [-0.05, 0) is 18.9 Å². The zero-order chi connectivity index (χ0) is 9.68. The van der Waals surface area contributed by atoms with Crippen LogP contribution < -0.4 is 5.32 Å². The Morgan fingerprint density at radius 1 is 1.54 bits per heavy atom. The molecule has 0 aliphatic heterocycles. The zero-order valence-corrected chi connectivity index (χ0v) is 8.72. The number of nitrogens with one attached hydrogen (secondary N) is 2. The molecule has 0 unspecified atom stereocenters. The molecule has 1 aromatic heterocycles. The fourth-order valence-corrected chi connectivity index (χ4v) is 1.29. The molecule has 0 aromatic carbocycles. The van der Waals surface area contributed by atoms with Crippen LogP contribution in [-0.2, 0) is 13.0 Å². The lowest BCUT2D eigenvalue weighted by atomic mass is 10.2. The fraction of sp³-hybridized carbons (Fsp3) is 0.700. The maximum absolute atomic E-state index is 4.03. The molecule has 2 N–H and O–H groups in total. The van der Waals surface area contributed by atoms with Crippen molar-refractivity contribution in [1.29, 1.82) is 0 Å². The van der Waals surface area contributed by atoms with Gasteiger partial charge >= 0.3 is 0 Å². The topological polar surface area (TPSA) is 40.7 Å². The SMILES string of the molecule is CCc1[nH]ncc1CNCC(C)C. The minimum atomic E-state index is 0.706. The molecule has 0 radical (unpaired) electrons. The fourth-order valence-electron chi connectivity index (χ4n) is 1.29. The predicted octanol–water partition coefficient (Wildman–Crippen LogP) is 1.72. The van der Waals surface area contributed by atoms with Gasteiger partial charge in [-0.1, -0.05) is 20.8 Å². The Bertz CT molecular complexity index is 240. The van der Waals surface area contributed by atoms with Gasteiger partial charge in [-0.15, -0.1) is 0 Å². The maximum atomic E-state index is 4.03. The normalized spacial score (nSPS) is 11.1. The van der Waals surface area contributed by atoms with Crippen LogP contribution >= 0.6 is 0 Å². The van der Waals surface area contributed by atoms with Gasteiger partial charge in [0.25, 0.3) is 0 Å². The molecule has 1 aromatic rings. The summed E-state index contributed by atoms with van der Waals surface area (Å²) in [6.45, 7) is 8.55. The lowest BCUT2D eigenvalue weighted by Gasteiger charge is -2.06. The van der Waals surface area contributed by atoms with Crippen molar-refractivity contribution in [2.75, 3.05) is 6.54 Å². The van der Waals surface area contributed by atoms with Crippen molar-refractivity contribution < 1.29 is 0 Å². The summed E-state index contributed by atoms with van der Waals surface area (Å²) in [6, 6.07) is 0. The van der Waals surface area contributed by atoms with Crippen molar-refractivity contribution in [3.63, 3.8) is 0 Å². The summed E-state index contributed by atoms with van der Waals surface area (Å²) in [5, 5.41) is 10.4. The van der Waals surface area contributed by atoms with E-state index in [1.165, 1.54) is 11.3 Å². The molecule has 13 heavy (non-hydrogen) atoms. The highest BCUT2D eigenvalue weighted by molar-refractivity contribution is 5.15. The van der Waals surface area contributed by atoms with Crippen LogP contribution in [0, 0.1) is 5.92 Å². The maximum Gasteiger partial charge on any atom is 0.0535 e. The quantitative estimate of drug-likeness (QED) is 0.726. The monoisotopic (exact) mass is 181 g/mol. The van der Waals surface area contributed by atoms with Crippen LogP contribution in [0.5, 0.6) is 0 Å². The third kappa shape index (κ3) is 3.19. The van der Waals surface area contributed by atoms with Crippen molar-refractivity contribution in [2.24, 2.45) is 5.92 Å². The van der Waals surface area contributed by atoms with Gasteiger partial charge < -0.3 is 5.32 Å². The minimum Gasteiger partial charge on any atom is -0.312 e. The third-order valence-electron chi connectivity index (χ3n) is 2.03. The first-order valence-corrected chi connectivity index (χ1v) is 4.95. The highest BCUT2D eigenvalue weighted by Gasteiger charge is 2.02. The highest BCUT2D eigenvalue weighted by Crippen LogP contribution is 2.04. The van der Waals surface area contributed by atoms with E-state index in [0.29, 0.717) is 5.92 Å². The first-order chi connectivity index (χ1) is 6.24. The van der Waals surface area contributed by atoms with E-state index < -0.39 is 0 Å². The Morgan fingerprint density at radius 3 is 2.92 bits per heavy atom. The number of H-pyrrole nitrogens is 1. The molecule has 1 heterocycles. The van der Waals surface area contributed by atoms with Gasteiger partial charge in [0.15, 0.2) is 0 Å². The van der Waals surface area contributed by atoms with Crippen molar-refractivity contribution >= 4 is 0 Å². The average Bonchev–Trinajstić information content (AvgIpc) is 2.51. The highest BCUT2D eigenvalue weighted by atomic mass is 15.1. The van der Waals surface area contributed by atoms with E-state index in [1.54, 1.807) is 0 Å². The van der Waals surface area contributed by atoms with E-state index in [1.807, 2.05) is 6.20 Å². The summed E-state index contributed by atoms with van der Waals surface area (Å²) in [4.78, 5) is 0. The Labute approximate surface area is 79.9 Å². The number of aromatic nitrogens is 2. The predicted molar refractivity (Wildman–Crippen MR) is 54.5 cm³/mol. The summed E-state index contributed by atoms with van der Waals surface area (Å²) >= 11 is 0. The van der Waals surface area contributed by atoms with Crippen LogP contribution in [0.3, 0.4) is 0 Å². The second-order valence-electron chi connectivity index (χ2n) is 3.75. The van der Waals surface area contributed by atoms with E-state index in [4.69, 9.17) is 0 Å². The molecule has 0 spiro atoms. The number of aromatic amines is 1. The summed E-state index contributed by atoms with van der Waals surface area (Å²) in [7, 11) is 0. The first-order valence-electron chi connectivity index (χ1n) is 4.95. The van der Waals surface area contributed by atoms with Gasteiger partial charge in [0.05, 0.1) is 6.20 Å². The molecular formula is C10H19N3. The molecule has 74 valence electrons. The average molecular weight is 181 g/mol. The van der Waals surface area contributed by atoms with Crippen LogP contribution in [0.4, 0.5) is 0 Å². The summed E-state index contributed by atoms with van der Waals surface area (Å²) < 4.78 is 0. The summed E-state index contributed by atoms with van der Waals surface area (Å²) in [5.41, 5.74) is 2.54. The third-order valence-corrected chi connectivity index (χ3v) is 2.03. The van der Waals surface area contributed by atoms with Crippen LogP contribution in [-0.4, -0.2) is 16.7 Å².